The molecule has 5 N–H and O–H groups in total. The van der Waals surface area contributed by atoms with Crippen molar-refractivity contribution in [1.29, 1.82) is 0 Å². The summed E-state index contributed by atoms with van der Waals surface area (Å²) in [6, 6.07) is 10.1. The summed E-state index contributed by atoms with van der Waals surface area (Å²) in [7, 11) is 4.45. The van der Waals surface area contributed by atoms with Crippen LogP contribution in [-0.2, 0) is 27.1 Å². The van der Waals surface area contributed by atoms with E-state index in [0.717, 1.165) is 5.56 Å². The van der Waals surface area contributed by atoms with Gasteiger partial charge in [-0.2, -0.15) is 0 Å². The first-order valence-electron chi connectivity index (χ1n) is 12.4. The lowest BCUT2D eigenvalue weighted by atomic mass is 9.81. The van der Waals surface area contributed by atoms with Crippen LogP contribution in [0, 0.1) is 5.92 Å². The lowest BCUT2D eigenvalue weighted by Gasteiger charge is -2.39. The zero-order valence-electron chi connectivity index (χ0n) is 21.9. The Morgan fingerprint density at radius 3 is 2.15 bits per heavy atom. The summed E-state index contributed by atoms with van der Waals surface area (Å²) in [6.45, 7) is -0.556. The van der Waals surface area contributed by atoms with Crippen molar-refractivity contribution in [2.24, 2.45) is 5.92 Å². The average Bonchev–Trinajstić information content (AvgIpc) is 3.21. The molecule has 0 aromatic heterocycles. The van der Waals surface area contributed by atoms with Crippen molar-refractivity contribution in [1.82, 2.24) is 0 Å². The van der Waals surface area contributed by atoms with Gasteiger partial charge in [0.2, 0.25) is 6.29 Å². The Labute approximate surface area is 225 Å². The largest absolute Gasteiger partial charge is 0.493 e. The number of carbonyl (C=O) groups excluding carboxylic acids is 1. The lowest BCUT2D eigenvalue weighted by molar-refractivity contribution is -0.277. The van der Waals surface area contributed by atoms with Gasteiger partial charge in [0.05, 0.1) is 34.5 Å². The Bertz CT molecular complexity index is 1150. The van der Waals surface area contributed by atoms with Gasteiger partial charge in [-0.1, -0.05) is 12.1 Å². The molecule has 0 spiro atoms. The smallest absolute Gasteiger partial charge is 0.338 e. The van der Waals surface area contributed by atoms with Crippen LogP contribution in [0.1, 0.15) is 11.1 Å². The van der Waals surface area contributed by atoms with Gasteiger partial charge in [-0.25, -0.2) is 4.79 Å². The standard InChI is InChI=1S/C27H34O12/c1-34-17-6-4-14(9-19(17)35-2)8-16-13-37-26(32)27(16,33)11-15-5-7-18(20(10-15)36-3)38-25-24(31)23(30)22(29)21(12-28)39-25/h4-7,9-10,16,21-25,28-31,33H,8,11-13H2,1-3H3/t16?,21-,22-,23+,24-,25-,27+/m1/s1. The molecule has 12 heteroatoms. The molecule has 2 heterocycles. The topological polar surface area (TPSA) is 174 Å². The minimum atomic E-state index is -1.81. The molecule has 0 amide bonds. The predicted molar refractivity (Wildman–Crippen MR) is 134 cm³/mol. The fraction of sp³-hybridized carbons (Fsp3) is 0.519. The number of benzene rings is 2. The number of carbonyl (C=O) groups is 1. The molecule has 12 nitrogen and oxygen atoms in total. The van der Waals surface area contributed by atoms with Crippen molar-refractivity contribution in [3.8, 4) is 23.0 Å². The first-order valence-corrected chi connectivity index (χ1v) is 12.4. The van der Waals surface area contributed by atoms with Crippen molar-refractivity contribution >= 4 is 5.97 Å². The number of cyclic esters (lactones) is 1. The molecule has 1 unspecified atom stereocenters. The second-order valence-electron chi connectivity index (χ2n) is 9.59. The molecular weight excluding hydrogens is 516 g/mol. The van der Waals surface area contributed by atoms with Crippen molar-refractivity contribution < 1.29 is 58.7 Å². The van der Waals surface area contributed by atoms with Gasteiger partial charge in [-0.3, -0.25) is 0 Å². The van der Waals surface area contributed by atoms with Crippen LogP contribution in [0.5, 0.6) is 23.0 Å². The Morgan fingerprint density at radius 2 is 1.49 bits per heavy atom. The summed E-state index contributed by atoms with van der Waals surface area (Å²) in [5.74, 6) is 0.161. The van der Waals surface area contributed by atoms with E-state index in [9.17, 15) is 30.3 Å². The van der Waals surface area contributed by atoms with Crippen molar-refractivity contribution in [3.05, 3.63) is 47.5 Å². The normalized spacial score (nSPS) is 30.5. The monoisotopic (exact) mass is 550 g/mol. The number of aliphatic hydroxyl groups is 5. The highest BCUT2D eigenvalue weighted by molar-refractivity contribution is 5.82. The minimum absolute atomic E-state index is 0.0408. The van der Waals surface area contributed by atoms with E-state index in [0.29, 0.717) is 23.5 Å². The fourth-order valence-corrected chi connectivity index (χ4v) is 4.86. The third-order valence-corrected chi connectivity index (χ3v) is 7.17. The second-order valence-corrected chi connectivity index (χ2v) is 9.59. The number of hydrogen-bond donors (Lipinski definition) is 5. The van der Waals surface area contributed by atoms with E-state index in [4.69, 9.17) is 28.4 Å². The van der Waals surface area contributed by atoms with E-state index < -0.39 is 54.8 Å². The molecule has 2 saturated heterocycles. The summed E-state index contributed by atoms with van der Waals surface area (Å²) in [5, 5.41) is 51.2. The van der Waals surface area contributed by atoms with Gasteiger partial charge in [0.25, 0.3) is 0 Å². The van der Waals surface area contributed by atoms with Crippen LogP contribution in [-0.4, -0.2) is 102 Å². The minimum Gasteiger partial charge on any atom is -0.493 e. The fourth-order valence-electron chi connectivity index (χ4n) is 4.86. The van der Waals surface area contributed by atoms with Crippen LogP contribution in [0.25, 0.3) is 0 Å². The molecule has 0 aliphatic carbocycles. The van der Waals surface area contributed by atoms with Crippen molar-refractivity contribution in [2.45, 2.75) is 49.1 Å². The first-order chi connectivity index (χ1) is 18.6. The number of esters is 1. The quantitative estimate of drug-likeness (QED) is 0.242. The highest BCUT2D eigenvalue weighted by atomic mass is 16.7. The third kappa shape index (κ3) is 5.76. The highest BCUT2D eigenvalue weighted by Crippen LogP contribution is 2.38. The van der Waals surface area contributed by atoms with Gasteiger partial charge in [0.1, 0.15) is 24.4 Å². The van der Waals surface area contributed by atoms with Crippen LogP contribution >= 0.6 is 0 Å². The summed E-state index contributed by atoms with van der Waals surface area (Å²) in [5.41, 5.74) is -0.431. The molecule has 2 aromatic rings. The molecule has 4 rings (SSSR count). The summed E-state index contributed by atoms with van der Waals surface area (Å²) >= 11 is 0. The Hall–Kier alpha value is -3.13. The van der Waals surface area contributed by atoms with E-state index in [1.807, 2.05) is 6.07 Å². The lowest BCUT2D eigenvalue weighted by Crippen LogP contribution is -2.60. The molecule has 2 aliphatic rings. The number of hydrogen-bond acceptors (Lipinski definition) is 12. The van der Waals surface area contributed by atoms with E-state index in [2.05, 4.69) is 0 Å². The molecule has 214 valence electrons. The van der Waals surface area contributed by atoms with Crippen LogP contribution < -0.4 is 18.9 Å². The summed E-state index contributed by atoms with van der Waals surface area (Å²) < 4.78 is 32.4. The van der Waals surface area contributed by atoms with Gasteiger partial charge < -0.3 is 54.0 Å². The van der Waals surface area contributed by atoms with Gasteiger partial charge in [0.15, 0.2) is 28.6 Å². The van der Waals surface area contributed by atoms with E-state index in [1.54, 1.807) is 24.3 Å². The molecular formula is C27H34O12. The number of methoxy groups -OCH3 is 3. The maximum atomic E-state index is 12.7. The molecule has 2 fully saturated rings. The van der Waals surface area contributed by atoms with Crippen LogP contribution in [0.3, 0.4) is 0 Å². The van der Waals surface area contributed by atoms with Gasteiger partial charge in [-0.15, -0.1) is 0 Å². The molecule has 0 bridgehead atoms. The summed E-state index contributed by atoms with van der Waals surface area (Å²) in [6.07, 6.45) is -6.98. The SMILES string of the molecule is COc1ccc(CC2COC(=O)[C@]2(O)Cc2ccc(O[C@@H]3O[C@H](CO)[C@@H](O)[C@H](O)[C@H]3O)c(OC)c2)cc1OC. The van der Waals surface area contributed by atoms with Gasteiger partial charge in [-0.05, 0) is 41.8 Å². The van der Waals surface area contributed by atoms with E-state index >= 15 is 0 Å². The Morgan fingerprint density at radius 1 is 0.872 bits per heavy atom. The zero-order chi connectivity index (χ0) is 28.3. The number of rotatable bonds is 10. The molecule has 2 aromatic carbocycles. The zero-order valence-corrected chi connectivity index (χ0v) is 21.9. The molecule has 0 radical (unpaired) electrons. The van der Waals surface area contributed by atoms with E-state index in [-0.39, 0.29) is 24.5 Å². The Balaban J connectivity index is 1.52. The van der Waals surface area contributed by atoms with Gasteiger partial charge in [0, 0.05) is 12.3 Å². The highest BCUT2D eigenvalue weighted by Gasteiger charge is 2.51. The number of ether oxygens (including phenoxy) is 6. The average molecular weight is 551 g/mol. The third-order valence-electron chi connectivity index (χ3n) is 7.17. The predicted octanol–water partition coefficient (Wildman–Crippen LogP) is -0.420. The number of aliphatic hydroxyl groups excluding tert-OH is 4. The van der Waals surface area contributed by atoms with Crippen molar-refractivity contribution in [3.63, 3.8) is 0 Å². The van der Waals surface area contributed by atoms with Crippen LogP contribution in [0.4, 0.5) is 0 Å². The second kappa shape index (κ2) is 11.9. The van der Waals surface area contributed by atoms with Crippen molar-refractivity contribution in [2.75, 3.05) is 34.5 Å². The van der Waals surface area contributed by atoms with Gasteiger partial charge >= 0.3 is 5.97 Å². The van der Waals surface area contributed by atoms with Crippen LogP contribution in [0.15, 0.2) is 36.4 Å². The van der Waals surface area contributed by atoms with E-state index in [1.165, 1.54) is 27.4 Å². The first kappa shape index (κ1) is 28.9. The molecule has 39 heavy (non-hydrogen) atoms. The Kier molecular flexibility index (Phi) is 8.84. The molecule has 7 atom stereocenters. The van der Waals surface area contributed by atoms with Crippen LogP contribution in [0.2, 0.25) is 0 Å². The molecule has 0 saturated carbocycles. The maximum absolute atomic E-state index is 12.7. The maximum Gasteiger partial charge on any atom is 0.338 e. The summed E-state index contributed by atoms with van der Waals surface area (Å²) in [4.78, 5) is 12.7. The molecule has 2 aliphatic heterocycles.